The van der Waals surface area contributed by atoms with Gasteiger partial charge in [-0.15, -0.1) is 0 Å². The molecule has 1 aromatic heterocycles. The number of ether oxygens (including phenoxy) is 2. The standard InChI is InChI=1S/C14H17NO2/c1-5-12-9(2)6-11-13(15-12)7-10(16-3)8-14(11)17-4/h6-8H,5H2,1-4H3. The molecular formula is C14H17NO2. The van der Waals surface area contributed by atoms with E-state index in [-0.39, 0.29) is 0 Å². The molecule has 0 bridgehead atoms. The molecule has 0 radical (unpaired) electrons. The Morgan fingerprint density at radius 2 is 1.88 bits per heavy atom. The molecule has 0 spiro atoms. The predicted molar refractivity (Wildman–Crippen MR) is 69.0 cm³/mol. The van der Waals surface area contributed by atoms with Gasteiger partial charge < -0.3 is 9.47 Å². The Labute approximate surface area is 101 Å². The quantitative estimate of drug-likeness (QED) is 0.813. The molecule has 17 heavy (non-hydrogen) atoms. The predicted octanol–water partition coefficient (Wildman–Crippen LogP) is 3.12. The van der Waals surface area contributed by atoms with Crippen LogP contribution in [-0.2, 0) is 6.42 Å². The van der Waals surface area contributed by atoms with Gasteiger partial charge in [-0.2, -0.15) is 0 Å². The largest absolute Gasteiger partial charge is 0.497 e. The van der Waals surface area contributed by atoms with Gasteiger partial charge in [-0.1, -0.05) is 6.92 Å². The third-order valence-corrected chi connectivity index (χ3v) is 2.96. The van der Waals surface area contributed by atoms with Crippen LogP contribution in [0, 0.1) is 6.92 Å². The number of methoxy groups -OCH3 is 2. The van der Waals surface area contributed by atoms with Crippen molar-refractivity contribution in [2.45, 2.75) is 20.3 Å². The first kappa shape index (κ1) is 11.7. The number of benzene rings is 1. The Morgan fingerprint density at radius 1 is 1.12 bits per heavy atom. The minimum atomic E-state index is 0.771. The fourth-order valence-electron chi connectivity index (χ4n) is 2.00. The number of pyridine rings is 1. The zero-order chi connectivity index (χ0) is 12.4. The van der Waals surface area contributed by atoms with E-state index in [1.165, 1.54) is 5.56 Å². The van der Waals surface area contributed by atoms with Gasteiger partial charge in [-0.05, 0) is 25.0 Å². The maximum Gasteiger partial charge on any atom is 0.131 e. The lowest BCUT2D eigenvalue weighted by atomic mass is 10.1. The van der Waals surface area contributed by atoms with Crippen LogP contribution in [0.15, 0.2) is 18.2 Å². The molecule has 1 heterocycles. The summed E-state index contributed by atoms with van der Waals surface area (Å²) in [6.45, 7) is 4.19. The molecule has 0 amide bonds. The maximum atomic E-state index is 5.38. The first-order valence-electron chi connectivity index (χ1n) is 5.71. The number of fused-ring (bicyclic) bond motifs is 1. The minimum absolute atomic E-state index is 0.771. The monoisotopic (exact) mass is 231 g/mol. The van der Waals surface area contributed by atoms with Crippen molar-refractivity contribution in [1.82, 2.24) is 4.98 Å². The van der Waals surface area contributed by atoms with E-state index in [4.69, 9.17) is 9.47 Å². The second-order valence-corrected chi connectivity index (χ2v) is 4.00. The summed E-state index contributed by atoms with van der Waals surface area (Å²) in [5.74, 6) is 1.57. The van der Waals surface area contributed by atoms with Gasteiger partial charge in [0.2, 0.25) is 0 Å². The van der Waals surface area contributed by atoms with Gasteiger partial charge in [0.15, 0.2) is 0 Å². The average molecular weight is 231 g/mol. The number of nitrogens with zero attached hydrogens (tertiary/aromatic N) is 1. The van der Waals surface area contributed by atoms with Crippen molar-refractivity contribution in [1.29, 1.82) is 0 Å². The summed E-state index contributed by atoms with van der Waals surface area (Å²) in [5, 5.41) is 1.03. The van der Waals surface area contributed by atoms with E-state index in [2.05, 4.69) is 24.9 Å². The third kappa shape index (κ3) is 2.05. The highest BCUT2D eigenvalue weighted by Crippen LogP contribution is 2.31. The van der Waals surface area contributed by atoms with Crippen LogP contribution in [0.4, 0.5) is 0 Å². The Balaban J connectivity index is 2.75. The van der Waals surface area contributed by atoms with Gasteiger partial charge in [0, 0.05) is 23.2 Å². The SMILES string of the molecule is CCc1nc2cc(OC)cc(OC)c2cc1C. The van der Waals surface area contributed by atoms with Crippen LogP contribution in [0.2, 0.25) is 0 Å². The second-order valence-electron chi connectivity index (χ2n) is 4.00. The van der Waals surface area contributed by atoms with Crippen molar-refractivity contribution in [2.75, 3.05) is 14.2 Å². The molecule has 0 N–H and O–H groups in total. The molecule has 0 unspecified atom stereocenters. The fraction of sp³-hybridized carbons (Fsp3) is 0.357. The lowest BCUT2D eigenvalue weighted by Crippen LogP contribution is -1.96. The van der Waals surface area contributed by atoms with Gasteiger partial charge in [-0.3, -0.25) is 4.98 Å². The summed E-state index contributed by atoms with van der Waals surface area (Å²) < 4.78 is 10.6. The fourth-order valence-corrected chi connectivity index (χ4v) is 2.00. The molecule has 0 saturated carbocycles. The van der Waals surface area contributed by atoms with Gasteiger partial charge >= 0.3 is 0 Å². The second kappa shape index (κ2) is 4.62. The van der Waals surface area contributed by atoms with Crippen molar-refractivity contribution >= 4 is 10.9 Å². The van der Waals surface area contributed by atoms with E-state index in [0.717, 1.165) is 34.5 Å². The lowest BCUT2D eigenvalue weighted by Gasteiger charge is -2.11. The Hall–Kier alpha value is -1.77. The minimum Gasteiger partial charge on any atom is -0.497 e. The number of hydrogen-bond donors (Lipinski definition) is 0. The molecule has 2 rings (SSSR count). The molecule has 0 aliphatic rings. The molecule has 0 saturated heterocycles. The van der Waals surface area contributed by atoms with Crippen molar-refractivity contribution < 1.29 is 9.47 Å². The topological polar surface area (TPSA) is 31.4 Å². The molecule has 3 heteroatoms. The summed E-state index contributed by atoms with van der Waals surface area (Å²) >= 11 is 0. The van der Waals surface area contributed by atoms with E-state index in [9.17, 15) is 0 Å². The highest BCUT2D eigenvalue weighted by molar-refractivity contribution is 5.87. The summed E-state index contributed by atoms with van der Waals surface area (Å²) in [4.78, 5) is 4.65. The van der Waals surface area contributed by atoms with Crippen molar-refractivity contribution in [3.63, 3.8) is 0 Å². The summed E-state index contributed by atoms with van der Waals surface area (Å²) in [6, 6.07) is 5.95. The average Bonchev–Trinajstić information content (AvgIpc) is 2.36. The van der Waals surface area contributed by atoms with E-state index in [0.29, 0.717) is 0 Å². The van der Waals surface area contributed by atoms with Gasteiger partial charge in [0.1, 0.15) is 11.5 Å². The molecule has 3 nitrogen and oxygen atoms in total. The zero-order valence-corrected chi connectivity index (χ0v) is 10.7. The number of hydrogen-bond acceptors (Lipinski definition) is 3. The van der Waals surface area contributed by atoms with Crippen LogP contribution < -0.4 is 9.47 Å². The first-order valence-corrected chi connectivity index (χ1v) is 5.71. The molecule has 0 atom stereocenters. The molecular weight excluding hydrogens is 214 g/mol. The Bertz CT molecular complexity index is 549. The smallest absolute Gasteiger partial charge is 0.131 e. The third-order valence-electron chi connectivity index (χ3n) is 2.96. The summed E-state index contributed by atoms with van der Waals surface area (Å²) in [7, 11) is 3.31. The summed E-state index contributed by atoms with van der Waals surface area (Å²) in [6.07, 6.45) is 0.932. The number of aromatic nitrogens is 1. The molecule has 1 aromatic carbocycles. The number of aryl methyl sites for hydroxylation is 2. The van der Waals surface area contributed by atoms with Gasteiger partial charge in [-0.25, -0.2) is 0 Å². The van der Waals surface area contributed by atoms with Crippen molar-refractivity contribution in [3.8, 4) is 11.5 Å². The highest BCUT2D eigenvalue weighted by atomic mass is 16.5. The van der Waals surface area contributed by atoms with Crippen LogP contribution in [0.25, 0.3) is 10.9 Å². The molecule has 0 fully saturated rings. The Morgan fingerprint density at radius 3 is 2.47 bits per heavy atom. The summed E-state index contributed by atoms with van der Waals surface area (Å²) in [5.41, 5.74) is 3.24. The Kier molecular flexibility index (Phi) is 3.18. The van der Waals surface area contributed by atoms with E-state index in [1.807, 2.05) is 12.1 Å². The molecule has 0 aliphatic heterocycles. The van der Waals surface area contributed by atoms with Crippen LogP contribution in [0.1, 0.15) is 18.2 Å². The molecule has 2 aromatic rings. The van der Waals surface area contributed by atoms with Crippen LogP contribution in [-0.4, -0.2) is 19.2 Å². The highest BCUT2D eigenvalue weighted by Gasteiger charge is 2.09. The zero-order valence-electron chi connectivity index (χ0n) is 10.7. The van der Waals surface area contributed by atoms with Crippen molar-refractivity contribution in [3.05, 3.63) is 29.5 Å². The molecule has 0 aliphatic carbocycles. The maximum absolute atomic E-state index is 5.38. The lowest BCUT2D eigenvalue weighted by molar-refractivity contribution is 0.398. The van der Waals surface area contributed by atoms with Crippen LogP contribution in [0.5, 0.6) is 11.5 Å². The van der Waals surface area contributed by atoms with Gasteiger partial charge in [0.25, 0.3) is 0 Å². The van der Waals surface area contributed by atoms with Crippen LogP contribution >= 0.6 is 0 Å². The van der Waals surface area contributed by atoms with Crippen LogP contribution in [0.3, 0.4) is 0 Å². The normalized spacial score (nSPS) is 10.6. The van der Waals surface area contributed by atoms with E-state index < -0.39 is 0 Å². The number of rotatable bonds is 3. The van der Waals surface area contributed by atoms with Gasteiger partial charge in [0.05, 0.1) is 19.7 Å². The van der Waals surface area contributed by atoms with E-state index in [1.54, 1.807) is 14.2 Å². The van der Waals surface area contributed by atoms with E-state index >= 15 is 0 Å². The van der Waals surface area contributed by atoms with Crippen molar-refractivity contribution in [2.24, 2.45) is 0 Å². The first-order chi connectivity index (χ1) is 8.19. The molecule has 90 valence electrons.